The maximum atomic E-state index is 13.1. The molecule has 3 rings (SSSR count). The second kappa shape index (κ2) is 9.85. The topological polar surface area (TPSA) is 67.9 Å². The highest BCUT2D eigenvalue weighted by Crippen LogP contribution is 2.32. The molecule has 2 amide bonds. The molecule has 30 heavy (non-hydrogen) atoms. The Labute approximate surface area is 182 Å². The molecule has 160 valence electrons. The van der Waals surface area contributed by atoms with E-state index in [-0.39, 0.29) is 37.6 Å². The van der Waals surface area contributed by atoms with E-state index in [1.807, 2.05) is 50.2 Å². The zero-order chi connectivity index (χ0) is 21.7. The van der Waals surface area contributed by atoms with Crippen LogP contribution in [0.1, 0.15) is 38.3 Å². The average Bonchev–Trinajstić information content (AvgIpc) is 3.18. The number of hydrogen-bond acceptors (Lipinski definition) is 4. The van der Waals surface area contributed by atoms with Crippen molar-refractivity contribution in [3.8, 4) is 11.5 Å². The van der Waals surface area contributed by atoms with Gasteiger partial charge in [-0.2, -0.15) is 0 Å². The minimum Gasteiger partial charge on any atom is -0.454 e. The zero-order valence-electron chi connectivity index (χ0n) is 17.5. The quantitative estimate of drug-likeness (QED) is 0.688. The fraction of sp³-hybridized carbons (Fsp3) is 0.391. The SMILES string of the molecule is CC(C)NC(=O)[C@@H](C)N(Cc1ccccc1Cl)C(=O)CCc1ccc2c(c1)OCO2. The summed E-state index contributed by atoms with van der Waals surface area (Å²) in [5.41, 5.74) is 1.78. The molecule has 2 aromatic carbocycles. The lowest BCUT2D eigenvalue weighted by Gasteiger charge is -2.29. The third-order valence-electron chi connectivity index (χ3n) is 4.96. The standard InChI is InChI=1S/C23H27ClN2O4/c1-15(2)25-23(28)16(3)26(13-18-6-4-5-7-19(18)24)22(27)11-9-17-8-10-20-21(12-17)30-14-29-20/h4-8,10,12,15-16H,9,11,13-14H2,1-3H3,(H,25,28)/t16-/m1/s1. The van der Waals surface area contributed by atoms with Gasteiger partial charge in [0.1, 0.15) is 6.04 Å². The van der Waals surface area contributed by atoms with Crippen LogP contribution in [0.3, 0.4) is 0 Å². The van der Waals surface area contributed by atoms with Gasteiger partial charge in [0.25, 0.3) is 0 Å². The summed E-state index contributed by atoms with van der Waals surface area (Å²) in [5, 5.41) is 3.46. The smallest absolute Gasteiger partial charge is 0.242 e. The minimum atomic E-state index is -0.618. The average molecular weight is 431 g/mol. The molecule has 0 saturated carbocycles. The van der Waals surface area contributed by atoms with Crippen molar-refractivity contribution in [3.05, 3.63) is 58.6 Å². The lowest BCUT2D eigenvalue weighted by molar-refractivity contribution is -0.140. The molecule has 0 saturated heterocycles. The Morgan fingerprint density at radius 2 is 1.83 bits per heavy atom. The first-order chi connectivity index (χ1) is 14.3. The number of carbonyl (C=O) groups is 2. The summed E-state index contributed by atoms with van der Waals surface area (Å²) >= 11 is 6.30. The highest BCUT2D eigenvalue weighted by Gasteiger charge is 2.27. The number of aryl methyl sites for hydroxylation is 1. The van der Waals surface area contributed by atoms with Gasteiger partial charge in [0.15, 0.2) is 11.5 Å². The van der Waals surface area contributed by atoms with Crippen LogP contribution in [-0.4, -0.2) is 35.6 Å². The molecule has 1 atom stereocenters. The fourth-order valence-corrected chi connectivity index (χ4v) is 3.48. The molecular weight excluding hydrogens is 404 g/mol. The van der Waals surface area contributed by atoms with E-state index in [4.69, 9.17) is 21.1 Å². The summed E-state index contributed by atoms with van der Waals surface area (Å²) in [6, 6.07) is 12.4. The summed E-state index contributed by atoms with van der Waals surface area (Å²) in [6.07, 6.45) is 0.802. The Balaban J connectivity index is 1.73. The van der Waals surface area contributed by atoms with Gasteiger partial charge in [0.05, 0.1) is 0 Å². The molecule has 0 aromatic heterocycles. The first-order valence-electron chi connectivity index (χ1n) is 10.1. The number of halogens is 1. The second-order valence-corrected chi connectivity index (χ2v) is 8.05. The molecule has 7 heteroatoms. The molecule has 2 aromatic rings. The number of benzene rings is 2. The van der Waals surface area contributed by atoms with Gasteiger partial charge < -0.3 is 19.7 Å². The Morgan fingerprint density at radius 1 is 1.10 bits per heavy atom. The van der Waals surface area contributed by atoms with Gasteiger partial charge in [-0.15, -0.1) is 0 Å². The van der Waals surface area contributed by atoms with Crippen LogP contribution in [0.5, 0.6) is 11.5 Å². The van der Waals surface area contributed by atoms with Crippen molar-refractivity contribution >= 4 is 23.4 Å². The largest absolute Gasteiger partial charge is 0.454 e. The Bertz CT molecular complexity index is 916. The predicted molar refractivity (Wildman–Crippen MR) is 116 cm³/mol. The minimum absolute atomic E-state index is 0.00847. The van der Waals surface area contributed by atoms with Crippen LogP contribution < -0.4 is 14.8 Å². The Morgan fingerprint density at radius 3 is 2.57 bits per heavy atom. The van der Waals surface area contributed by atoms with Crippen LogP contribution in [0.4, 0.5) is 0 Å². The lowest BCUT2D eigenvalue weighted by Crippen LogP contribution is -2.49. The molecule has 6 nitrogen and oxygen atoms in total. The van der Waals surface area contributed by atoms with Crippen molar-refractivity contribution in [2.45, 2.75) is 52.2 Å². The van der Waals surface area contributed by atoms with E-state index in [2.05, 4.69) is 5.32 Å². The molecule has 1 aliphatic rings. The van der Waals surface area contributed by atoms with Crippen LogP contribution in [0, 0.1) is 0 Å². The molecule has 1 aliphatic heterocycles. The lowest BCUT2D eigenvalue weighted by atomic mass is 10.1. The van der Waals surface area contributed by atoms with Crippen molar-refractivity contribution in [3.63, 3.8) is 0 Å². The molecule has 0 unspecified atom stereocenters. The van der Waals surface area contributed by atoms with E-state index >= 15 is 0 Å². The van der Waals surface area contributed by atoms with E-state index in [1.54, 1.807) is 17.9 Å². The first kappa shape index (κ1) is 22.0. The van der Waals surface area contributed by atoms with E-state index in [9.17, 15) is 9.59 Å². The van der Waals surface area contributed by atoms with Crippen molar-refractivity contribution in [1.29, 1.82) is 0 Å². The summed E-state index contributed by atoms with van der Waals surface area (Å²) in [6.45, 7) is 6.01. The fourth-order valence-electron chi connectivity index (χ4n) is 3.29. The number of ether oxygens (including phenoxy) is 2. The third-order valence-corrected chi connectivity index (χ3v) is 5.33. The van der Waals surface area contributed by atoms with E-state index < -0.39 is 6.04 Å². The Hall–Kier alpha value is -2.73. The second-order valence-electron chi connectivity index (χ2n) is 7.64. The first-order valence-corrected chi connectivity index (χ1v) is 10.4. The van der Waals surface area contributed by atoms with Gasteiger partial charge in [-0.05, 0) is 56.5 Å². The van der Waals surface area contributed by atoms with Crippen molar-refractivity contribution < 1.29 is 19.1 Å². The van der Waals surface area contributed by atoms with Gasteiger partial charge in [-0.25, -0.2) is 0 Å². The van der Waals surface area contributed by atoms with Crippen molar-refractivity contribution in [1.82, 2.24) is 10.2 Å². The van der Waals surface area contributed by atoms with Crippen LogP contribution in [-0.2, 0) is 22.6 Å². The van der Waals surface area contributed by atoms with E-state index in [0.717, 1.165) is 11.1 Å². The van der Waals surface area contributed by atoms with Crippen molar-refractivity contribution in [2.75, 3.05) is 6.79 Å². The van der Waals surface area contributed by atoms with Gasteiger partial charge >= 0.3 is 0 Å². The maximum Gasteiger partial charge on any atom is 0.242 e. The summed E-state index contributed by atoms with van der Waals surface area (Å²) in [5.74, 6) is 1.11. The number of rotatable bonds is 8. The van der Waals surface area contributed by atoms with Crippen LogP contribution in [0.2, 0.25) is 5.02 Å². The summed E-state index contributed by atoms with van der Waals surface area (Å²) in [7, 11) is 0. The van der Waals surface area contributed by atoms with Crippen LogP contribution in [0.15, 0.2) is 42.5 Å². The van der Waals surface area contributed by atoms with E-state index in [1.165, 1.54) is 0 Å². The third kappa shape index (κ3) is 5.45. The highest BCUT2D eigenvalue weighted by molar-refractivity contribution is 6.31. The number of carbonyl (C=O) groups excluding carboxylic acids is 2. The molecule has 1 heterocycles. The highest BCUT2D eigenvalue weighted by atomic mass is 35.5. The van der Waals surface area contributed by atoms with E-state index in [0.29, 0.717) is 22.9 Å². The Kier molecular flexibility index (Phi) is 7.21. The molecule has 1 N–H and O–H groups in total. The normalized spacial score (nSPS) is 13.2. The number of hydrogen-bond donors (Lipinski definition) is 1. The molecule has 0 aliphatic carbocycles. The summed E-state index contributed by atoms with van der Waals surface area (Å²) < 4.78 is 10.7. The van der Waals surface area contributed by atoms with Gasteiger partial charge in [-0.3, -0.25) is 9.59 Å². The van der Waals surface area contributed by atoms with Gasteiger partial charge in [0.2, 0.25) is 18.6 Å². The summed E-state index contributed by atoms with van der Waals surface area (Å²) in [4.78, 5) is 27.3. The number of nitrogens with zero attached hydrogens (tertiary/aromatic N) is 1. The molecule has 0 spiro atoms. The molecule has 0 radical (unpaired) electrons. The van der Waals surface area contributed by atoms with Crippen LogP contribution in [0.25, 0.3) is 0 Å². The van der Waals surface area contributed by atoms with Gasteiger partial charge in [0, 0.05) is 24.0 Å². The number of fused-ring (bicyclic) bond motifs is 1. The number of amides is 2. The number of nitrogens with one attached hydrogen (secondary N) is 1. The van der Waals surface area contributed by atoms with Crippen molar-refractivity contribution in [2.24, 2.45) is 0 Å². The zero-order valence-corrected chi connectivity index (χ0v) is 18.2. The molecule has 0 bridgehead atoms. The van der Waals surface area contributed by atoms with Crippen LogP contribution >= 0.6 is 11.6 Å². The monoisotopic (exact) mass is 430 g/mol. The van der Waals surface area contributed by atoms with Gasteiger partial charge in [-0.1, -0.05) is 35.9 Å². The predicted octanol–water partition coefficient (Wildman–Crippen LogP) is 3.94. The molecule has 0 fully saturated rings. The molecular formula is C23H27ClN2O4. The maximum absolute atomic E-state index is 13.1.